The van der Waals surface area contributed by atoms with Crippen molar-refractivity contribution in [2.45, 2.75) is 25.9 Å². The quantitative estimate of drug-likeness (QED) is 0.283. The Morgan fingerprint density at radius 2 is 1.95 bits per heavy atom. The number of methoxy groups -OCH3 is 1. The number of hydrogen-bond acceptors (Lipinski definition) is 6. The van der Waals surface area contributed by atoms with E-state index in [9.17, 15) is 19.1 Å². The molecule has 0 spiro atoms. The Kier molecular flexibility index (Phi) is 8.17. The van der Waals surface area contributed by atoms with Crippen LogP contribution in [0.1, 0.15) is 28.9 Å². The highest BCUT2D eigenvalue weighted by Gasteiger charge is 2.34. The number of aryl methyl sites for hydroxylation is 1. The highest BCUT2D eigenvalue weighted by atomic mass is 35.5. The van der Waals surface area contributed by atoms with Crippen molar-refractivity contribution in [3.8, 4) is 11.3 Å². The zero-order valence-corrected chi connectivity index (χ0v) is 24.2. The predicted molar refractivity (Wildman–Crippen MR) is 155 cm³/mol. The van der Waals surface area contributed by atoms with Crippen LogP contribution in [0.15, 0.2) is 48.5 Å². The van der Waals surface area contributed by atoms with Crippen molar-refractivity contribution in [1.82, 2.24) is 19.5 Å². The molecule has 4 aromatic rings. The van der Waals surface area contributed by atoms with E-state index in [1.807, 2.05) is 31.0 Å². The van der Waals surface area contributed by atoms with Gasteiger partial charge in [-0.25, -0.2) is 9.37 Å². The number of carbonyl (C=O) groups is 2. The van der Waals surface area contributed by atoms with E-state index < -0.39 is 17.9 Å². The Bertz CT molecular complexity index is 1620. The second-order valence-corrected chi connectivity index (χ2v) is 10.9. The molecule has 1 fully saturated rings. The minimum Gasteiger partial charge on any atom is -0.481 e. The monoisotopic (exact) mass is 599 g/mol. The Morgan fingerprint density at radius 3 is 2.63 bits per heavy atom. The molecule has 2 aromatic heterocycles. The number of carboxylic acids is 1. The van der Waals surface area contributed by atoms with Crippen LogP contribution < -0.4 is 4.90 Å². The second kappa shape index (κ2) is 11.6. The van der Waals surface area contributed by atoms with Crippen LogP contribution in [0.3, 0.4) is 0 Å². The number of rotatable bonds is 7. The van der Waals surface area contributed by atoms with E-state index in [2.05, 4.69) is 5.10 Å². The molecule has 1 aliphatic heterocycles. The smallest absolute Gasteiger partial charge is 0.303 e. The number of amides is 1. The molecule has 0 saturated carbocycles. The zero-order chi connectivity index (χ0) is 29.4. The number of carboxylic acid groups (broad SMARTS) is 1. The van der Waals surface area contributed by atoms with E-state index in [4.69, 9.17) is 32.9 Å². The van der Waals surface area contributed by atoms with Crippen LogP contribution in [0, 0.1) is 18.7 Å². The van der Waals surface area contributed by atoms with Crippen molar-refractivity contribution in [1.29, 1.82) is 0 Å². The molecule has 214 valence electrons. The lowest BCUT2D eigenvalue weighted by molar-refractivity contribution is -0.140. The largest absolute Gasteiger partial charge is 0.481 e. The summed E-state index contributed by atoms with van der Waals surface area (Å²) < 4.78 is 21.5. The van der Waals surface area contributed by atoms with Gasteiger partial charge in [-0.05, 0) is 43.0 Å². The molecule has 5 rings (SSSR count). The van der Waals surface area contributed by atoms with E-state index in [1.54, 1.807) is 33.7 Å². The number of fused-ring (bicyclic) bond motifs is 1. The first-order chi connectivity index (χ1) is 19.6. The Labute approximate surface area is 246 Å². The minimum absolute atomic E-state index is 0.00224. The Hall–Kier alpha value is -3.73. The summed E-state index contributed by atoms with van der Waals surface area (Å²) in [6.45, 7) is 2.55. The third-order valence-electron chi connectivity index (χ3n) is 7.43. The molecular weight excluding hydrogens is 572 g/mol. The number of ether oxygens (including phenoxy) is 1. The van der Waals surface area contributed by atoms with Gasteiger partial charge in [0.1, 0.15) is 11.6 Å². The fourth-order valence-electron chi connectivity index (χ4n) is 5.30. The third kappa shape index (κ3) is 5.72. The molecule has 12 heteroatoms. The van der Waals surface area contributed by atoms with Crippen molar-refractivity contribution in [3.05, 3.63) is 75.7 Å². The average Bonchev–Trinajstić information content (AvgIpc) is 3.37. The van der Waals surface area contributed by atoms with Crippen molar-refractivity contribution < 1.29 is 23.8 Å². The Morgan fingerprint density at radius 1 is 1.17 bits per heavy atom. The van der Waals surface area contributed by atoms with E-state index in [1.165, 1.54) is 19.2 Å². The molecule has 9 nitrogen and oxygen atoms in total. The van der Waals surface area contributed by atoms with Gasteiger partial charge in [-0.15, -0.1) is 0 Å². The maximum Gasteiger partial charge on any atom is 0.303 e. The van der Waals surface area contributed by atoms with E-state index in [0.717, 1.165) is 11.3 Å². The number of hydrogen-bond donors (Lipinski definition) is 1. The van der Waals surface area contributed by atoms with Crippen molar-refractivity contribution in [2.75, 3.05) is 32.1 Å². The molecule has 1 saturated heterocycles. The summed E-state index contributed by atoms with van der Waals surface area (Å²) in [5, 5.41) is 14.4. The molecule has 1 amide bonds. The van der Waals surface area contributed by atoms with Crippen LogP contribution in [-0.4, -0.2) is 69.8 Å². The number of benzene rings is 2. The molecule has 41 heavy (non-hydrogen) atoms. The zero-order valence-electron chi connectivity index (χ0n) is 22.6. The van der Waals surface area contributed by atoms with Gasteiger partial charge >= 0.3 is 5.97 Å². The molecule has 1 N–H and O–H groups in total. The summed E-state index contributed by atoms with van der Waals surface area (Å²) in [6.07, 6.45) is 0.0633. The first kappa shape index (κ1) is 28.8. The molecular formula is C29H28Cl2FN5O4. The number of para-hydroxylation sites is 1. The van der Waals surface area contributed by atoms with Crippen molar-refractivity contribution in [3.63, 3.8) is 0 Å². The van der Waals surface area contributed by atoms with Crippen molar-refractivity contribution >= 4 is 52.2 Å². The number of likely N-dealkylation sites (tertiary alicyclic amines) is 1. The summed E-state index contributed by atoms with van der Waals surface area (Å²) in [7, 11) is 3.34. The molecule has 2 atom stereocenters. The SMILES string of the molecule is CO[C@H]1CN(C(=O)c2cc3nc(-c4ccc(Cl)c(F)c4)cc(N(C)c4c(C)cccc4Cl)n3n2)CC[C@H]1CC(=O)O. The first-order valence-electron chi connectivity index (χ1n) is 13.0. The number of aliphatic carboxylic acids is 1. The van der Waals surface area contributed by atoms with Crippen molar-refractivity contribution in [2.24, 2.45) is 5.92 Å². The second-order valence-electron chi connectivity index (χ2n) is 10.1. The van der Waals surface area contributed by atoms with Gasteiger partial charge in [0.2, 0.25) is 0 Å². The molecule has 1 aliphatic rings. The van der Waals surface area contributed by atoms with Gasteiger partial charge in [-0.2, -0.15) is 9.61 Å². The fraction of sp³-hybridized carbons (Fsp3) is 0.310. The van der Waals surface area contributed by atoms with Crippen LogP contribution in [0.5, 0.6) is 0 Å². The van der Waals surface area contributed by atoms with Gasteiger partial charge in [0.05, 0.1) is 34.0 Å². The molecule has 0 aliphatic carbocycles. The summed E-state index contributed by atoms with van der Waals surface area (Å²) >= 11 is 12.5. The minimum atomic E-state index is -0.898. The number of nitrogens with zero attached hydrogens (tertiary/aromatic N) is 5. The van der Waals surface area contributed by atoms with Crippen LogP contribution in [0.25, 0.3) is 16.9 Å². The lowest BCUT2D eigenvalue weighted by Gasteiger charge is -2.36. The number of piperidine rings is 1. The number of aromatic nitrogens is 3. The maximum absolute atomic E-state index is 14.4. The third-order valence-corrected chi connectivity index (χ3v) is 8.04. The normalized spacial score (nSPS) is 17.2. The number of anilines is 2. The summed E-state index contributed by atoms with van der Waals surface area (Å²) in [5.74, 6) is -1.44. The summed E-state index contributed by atoms with van der Waals surface area (Å²) in [5.41, 5.74) is 3.14. The molecule has 3 heterocycles. The standard InChI is InChI=1S/C29H28Cl2FN5O4/c1-16-5-4-6-20(31)28(16)35(2)26-14-22(17-7-8-19(30)21(32)11-17)33-25-13-23(34-37(25)26)29(40)36-10-9-18(12-27(38)39)24(15-36)41-3/h4-8,11,13-14,18,24H,9-10,12,15H2,1-3H3,(H,38,39)/t18-,24-/m0/s1. The van der Waals surface area contributed by atoms with Gasteiger partial charge < -0.3 is 19.6 Å². The van der Waals surface area contributed by atoms with Gasteiger partial charge in [0.15, 0.2) is 11.3 Å². The van der Waals surface area contributed by atoms with Gasteiger partial charge in [0.25, 0.3) is 5.91 Å². The lowest BCUT2D eigenvalue weighted by Crippen LogP contribution is -2.48. The number of halogens is 3. The first-order valence-corrected chi connectivity index (χ1v) is 13.7. The van der Waals surface area contributed by atoms with E-state index in [0.29, 0.717) is 40.7 Å². The maximum atomic E-state index is 14.4. The topological polar surface area (TPSA) is 100 Å². The molecule has 0 bridgehead atoms. The van der Waals surface area contributed by atoms with Gasteiger partial charge in [-0.3, -0.25) is 9.59 Å². The lowest BCUT2D eigenvalue weighted by atomic mass is 9.90. The van der Waals surface area contributed by atoms with Crippen LogP contribution in [-0.2, 0) is 9.53 Å². The average molecular weight is 600 g/mol. The summed E-state index contributed by atoms with van der Waals surface area (Å²) in [4.78, 5) is 33.0. The Balaban J connectivity index is 1.58. The van der Waals surface area contributed by atoms with Gasteiger partial charge in [-0.1, -0.05) is 41.4 Å². The van der Waals surface area contributed by atoms with Crippen LogP contribution >= 0.6 is 23.2 Å². The van der Waals surface area contributed by atoms with Crippen LogP contribution in [0.2, 0.25) is 10.0 Å². The molecule has 0 radical (unpaired) electrons. The van der Waals surface area contributed by atoms with Crippen LogP contribution in [0.4, 0.5) is 15.9 Å². The predicted octanol–water partition coefficient (Wildman–Crippen LogP) is 5.87. The van der Waals surface area contributed by atoms with Gasteiger partial charge in [0, 0.05) is 44.9 Å². The molecule has 2 aromatic carbocycles. The summed E-state index contributed by atoms with van der Waals surface area (Å²) in [6, 6.07) is 13.3. The highest BCUT2D eigenvalue weighted by Crippen LogP contribution is 2.36. The van der Waals surface area contributed by atoms with E-state index >= 15 is 0 Å². The number of carbonyl (C=O) groups excluding carboxylic acids is 1. The highest BCUT2D eigenvalue weighted by molar-refractivity contribution is 6.33. The fourth-order valence-corrected chi connectivity index (χ4v) is 5.77. The molecule has 0 unspecified atom stereocenters. The van der Waals surface area contributed by atoms with E-state index in [-0.39, 0.29) is 35.5 Å².